The lowest BCUT2D eigenvalue weighted by Gasteiger charge is -2.18. The fourth-order valence-electron chi connectivity index (χ4n) is 2.67. The molecule has 0 bridgehead atoms. The molecule has 2 aromatic rings. The molecule has 5 heteroatoms. The van der Waals surface area contributed by atoms with Crippen LogP contribution in [-0.4, -0.2) is 40.0 Å². The van der Waals surface area contributed by atoms with Crippen LogP contribution >= 0.6 is 27.5 Å². The topological polar surface area (TPSA) is 21.1 Å². The lowest BCUT2D eigenvalue weighted by Crippen LogP contribution is -2.25. The first-order valence-electron chi connectivity index (χ1n) is 7.62. The summed E-state index contributed by atoms with van der Waals surface area (Å²) in [5.74, 6) is 1.71. The quantitative estimate of drug-likeness (QED) is 0.644. The van der Waals surface area contributed by atoms with Gasteiger partial charge in [-0.3, -0.25) is 0 Å². The van der Waals surface area contributed by atoms with Gasteiger partial charge >= 0.3 is 0 Å². The van der Waals surface area contributed by atoms with E-state index in [9.17, 15) is 0 Å². The molecule has 1 aromatic carbocycles. The largest absolute Gasteiger partial charge is 0.328 e. The van der Waals surface area contributed by atoms with Crippen molar-refractivity contribution in [3.63, 3.8) is 0 Å². The second-order valence-corrected chi connectivity index (χ2v) is 6.43. The summed E-state index contributed by atoms with van der Waals surface area (Å²) in [5, 5.41) is 0. The molecule has 0 atom stereocenters. The highest BCUT2D eigenvalue weighted by molar-refractivity contribution is 9.10. The number of halogens is 2. The van der Waals surface area contributed by atoms with Gasteiger partial charge in [0.2, 0.25) is 0 Å². The number of hydrogen-bond acceptors (Lipinski definition) is 2. The third-order valence-corrected chi connectivity index (χ3v) is 4.54. The fourth-order valence-corrected chi connectivity index (χ4v) is 3.19. The lowest BCUT2D eigenvalue weighted by molar-refractivity contribution is 0.293. The minimum atomic E-state index is 0.612. The maximum atomic E-state index is 5.93. The summed E-state index contributed by atoms with van der Waals surface area (Å²) in [6, 6.07) is 6.30. The molecule has 0 aliphatic heterocycles. The van der Waals surface area contributed by atoms with Gasteiger partial charge in [-0.05, 0) is 44.3 Å². The summed E-state index contributed by atoms with van der Waals surface area (Å²) >= 11 is 9.44. The van der Waals surface area contributed by atoms with Crippen molar-refractivity contribution in [1.82, 2.24) is 14.5 Å². The van der Waals surface area contributed by atoms with E-state index in [-0.39, 0.29) is 0 Å². The van der Waals surface area contributed by atoms with Crippen molar-refractivity contribution in [2.24, 2.45) is 0 Å². The fraction of sp³-hybridized carbons (Fsp3) is 0.562. The standard InChI is InChI=1S/C16H23BrClN3/c1-3-20(4-2)10-5-11-21-15-7-6-13(17)12-14(15)19-16(21)8-9-18/h6-7,12H,3-5,8-11H2,1-2H3. The highest BCUT2D eigenvalue weighted by Gasteiger charge is 2.11. The van der Waals surface area contributed by atoms with Gasteiger partial charge in [-0.15, -0.1) is 11.6 Å². The summed E-state index contributed by atoms with van der Waals surface area (Å²) in [5.41, 5.74) is 2.25. The number of benzene rings is 1. The van der Waals surface area contributed by atoms with Gasteiger partial charge in [-0.25, -0.2) is 4.98 Å². The van der Waals surface area contributed by atoms with Crippen LogP contribution in [0.1, 0.15) is 26.1 Å². The molecule has 0 fully saturated rings. The minimum Gasteiger partial charge on any atom is -0.328 e. The van der Waals surface area contributed by atoms with Gasteiger partial charge < -0.3 is 9.47 Å². The molecule has 0 amide bonds. The Labute approximate surface area is 140 Å². The molecule has 0 unspecified atom stereocenters. The van der Waals surface area contributed by atoms with E-state index >= 15 is 0 Å². The van der Waals surface area contributed by atoms with Crippen molar-refractivity contribution in [3.05, 3.63) is 28.5 Å². The second-order valence-electron chi connectivity index (χ2n) is 5.13. The van der Waals surface area contributed by atoms with E-state index in [1.807, 2.05) is 0 Å². The number of alkyl halides is 1. The maximum absolute atomic E-state index is 5.93. The summed E-state index contributed by atoms with van der Waals surface area (Å²) < 4.78 is 3.40. The zero-order chi connectivity index (χ0) is 15.2. The van der Waals surface area contributed by atoms with Gasteiger partial charge in [-0.2, -0.15) is 0 Å². The Morgan fingerprint density at radius 1 is 1.29 bits per heavy atom. The van der Waals surface area contributed by atoms with Crippen LogP contribution in [0.4, 0.5) is 0 Å². The molecule has 2 rings (SSSR count). The lowest BCUT2D eigenvalue weighted by atomic mass is 10.3. The molecule has 0 aliphatic rings. The van der Waals surface area contributed by atoms with E-state index in [0.717, 1.165) is 54.8 Å². The van der Waals surface area contributed by atoms with Crippen molar-refractivity contribution in [3.8, 4) is 0 Å². The molecular weight excluding hydrogens is 350 g/mol. The van der Waals surface area contributed by atoms with E-state index in [1.165, 1.54) is 5.52 Å². The Morgan fingerprint density at radius 3 is 2.71 bits per heavy atom. The molecule has 1 aromatic heterocycles. The number of aromatic nitrogens is 2. The van der Waals surface area contributed by atoms with Crippen LogP contribution in [0.5, 0.6) is 0 Å². The number of nitrogens with zero attached hydrogens (tertiary/aromatic N) is 3. The Bertz CT molecular complexity index is 578. The van der Waals surface area contributed by atoms with E-state index < -0.39 is 0 Å². The van der Waals surface area contributed by atoms with Crippen molar-refractivity contribution in [2.75, 3.05) is 25.5 Å². The molecule has 21 heavy (non-hydrogen) atoms. The molecule has 0 saturated heterocycles. The monoisotopic (exact) mass is 371 g/mol. The zero-order valence-corrected chi connectivity index (χ0v) is 15.1. The number of imidazole rings is 1. The van der Waals surface area contributed by atoms with Crippen molar-refractivity contribution >= 4 is 38.6 Å². The molecule has 1 heterocycles. The highest BCUT2D eigenvalue weighted by atomic mass is 79.9. The second kappa shape index (κ2) is 8.16. The van der Waals surface area contributed by atoms with E-state index in [4.69, 9.17) is 16.6 Å². The molecular formula is C16H23BrClN3. The smallest absolute Gasteiger partial charge is 0.111 e. The Morgan fingerprint density at radius 2 is 2.05 bits per heavy atom. The number of fused-ring (bicyclic) bond motifs is 1. The van der Waals surface area contributed by atoms with Crippen molar-refractivity contribution in [1.29, 1.82) is 0 Å². The molecule has 0 saturated carbocycles. The zero-order valence-electron chi connectivity index (χ0n) is 12.8. The summed E-state index contributed by atoms with van der Waals surface area (Å²) in [4.78, 5) is 7.19. The maximum Gasteiger partial charge on any atom is 0.111 e. The average Bonchev–Trinajstić information content (AvgIpc) is 2.81. The third kappa shape index (κ3) is 4.21. The SMILES string of the molecule is CCN(CC)CCCn1c(CCCl)nc2cc(Br)ccc21. The highest BCUT2D eigenvalue weighted by Crippen LogP contribution is 2.22. The van der Waals surface area contributed by atoms with Gasteiger partial charge in [0.1, 0.15) is 5.82 Å². The first-order valence-corrected chi connectivity index (χ1v) is 8.95. The predicted octanol–water partition coefficient (Wildman–Crippen LogP) is 4.31. The Balaban J connectivity index is 2.18. The van der Waals surface area contributed by atoms with Crippen LogP contribution in [0.15, 0.2) is 22.7 Å². The van der Waals surface area contributed by atoms with Crippen molar-refractivity contribution in [2.45, 2.75) is 33.2 Å². The molecule has 0 aliphatic carbocycles. The van der Waals surface area contributed by atoms with Crippen molar-refractivity contribution < 1.29 is 0 Å². The van der Waals surface area contributed by atoms with Crippen LogP contribution in [0.2, 0.25) is 0 Å². The summed E-state index contributed by atoms with van der Waals surface area (Å²) in [7, 11) is 0. The molecule has 3 nitrogen and oxygen atoms in total. The van der Waals surface area contributed by atoms with E-state index in [0.29, 0.717) is 5.88 Å². The van der Waals surface area contributed by atoms with Gasteiger partial charge in [-0.1, -0.05) is 29.8 Å². The Hall–Kier alpha value is -0.580. The first kappa shape index (κ1) is 16.8. The van der Waals surface area contributed by atoms with Gasteiger partial charge in [0, 0.05) is 23.3 Å². The third-order valence-electron chi connectivity index (χ3n) is 3.86. The van der Waals surface area contributed by atoms with Gasteiger partial charge in [0.25, 0.3) is 0 Å². The van der Waals surface area contributed by atoms with Crippen LogP contribution in [0, 0.1) is 0 Å². The first-order chi connectivity index (χ1) is 10.2. The average molecular weight is 373 g/mol. The Kier molecular flexibility index (Phi) is 6.52. The van der Waals surface area contributed by atoms with Gasteiger partial charge in [0.05, 0.1) is 11.0 Å². The molecule has 0 spiro atoms. The van der Waals surface area contributed by atoms with Gasteiger partial charge in [0.15, 0.2) is 0 Å². The van der Waals surface area contributed by atoms with E-state index in [2.05, 4.69) is 57.4 Å². The number of hydrogen-bond donors (Lipinski definition) is 0. The van der Waals surface area contributed by atoms with Crippen LogP contribution in [0.25, 0.3) is 11.0 Å². The minimum absolute atomic E-state index is 0.612. The van der Waals surface area contributed by atoms with Crippen LogP contribution in [-0.2, 0) is 13.0 Å². The normalized spacial score (nSPS) is 11.7. The van der Waals surface area contributed by atoms with Crippen LogP contribution in [0.3, 0.4) is 0 Å². The molecule has 116 valence electrons. The molecule has 0 radical (unpaired) electrons. The van der Waals surface area contributed by atoms with Crippen LogP contribution < -0.4 is 0 Å². The molecule has 0 N–H and O–H groups in total. The summed E-state index contributed by atoms with van der Waals surface area (Å²) in [6.07, 6.45) is 1.96. The summed E-state index contributed by atoms with van der Waals surface area (Å²) in [6.45, 7) is 8.79. The van der Waals surface area contributed by atoms with E-state index in [1.54, 1.807) is 0 Å². The number of aryl methyl sites for hydroxylation is 2. The predicted molar refractivity (Wildman–Crippen MR) is 94.3 cm³/mol. The number of rotatable bonds is 8.